The molecule has 9 heteroatoms. The molecule has 8 nitrogen and oxygen atoms in total. The van der Waals surface area contributed by atoms with Crippen LogP contribution in [0.25, 0.3) is 0 Å². The van der Waals surface area contributed by atoms with E-state index in [4.69, 9.17) is 21.8 Å². The lowest BCUT2D eigenvalue weighted by atomic mass is 9.98. The van der Waals surface area contributed by atoms with Crippen molar-refractivity contribution in [3.8, 4) is 0 Å². The lowest BCUT2D eigenvalue weighted by Gasteiger charge is -2.21. The summed E-state index contributed by atoms with van der Waals surface area (Å²) < 4.78 is 0. The number of carbonyl (C=O) groups excluding carboxylic acids is 1. The molecule has 1 atom stereocenters. The maximum atomic E-state index is 12.3. The number of carboxylic acids is 2. The molecule has 148 valence electrons. The summed E-state index contributed by atoms with van der Waals surface area (Å²) in [6.45, 7) is 1.79. The van der Waals surface area contributed by atoms with Gasteiger partial charge in [0.15, 0.2) is 0 Å². The quantitative estimate of drug-likeness (QED) is 0.573. The summed E-state index contributed by atoms with van der Waals surface area (Å²) in [5.41, 5.74) is 1.53. The van der Waals surface area contributed by atoms with E-state index < -0.39 is 11.9 Å². The molecule has 1 amide bonds. The fourth-order valence-electron chi connectivity index (χ4n) is 2.62. The molecule has 0 spiro atoms. The number of amides is 1. The molecular formula is C18H24ClN3O5. The van der Waals surface area contributed by atoms with Crippen LogP contribution in [0.1, 0.15) is 22.5 Å². The normalized spacial score (nSPS) is 16.6. The molecule has 0 saturated heterocycles. The van der Waals surface area contributed by atoms with E-state index in [1.165, 1.54) is 0 Å². The summed E-state index contributed by atoms with van der Waals surface area (Å²) in [5.74, 6) is -2.03. The van der Waals surface area contributed by atoms with Crippen LogP contribution in [-0.2, 0) is 16.0 Å². The van der Waals surface area contributed by atoms with Crippen molar-refractivity contribution >= 4 is 29.4 Å². The van der Waals surface area contributed by atoms with Gasteiger partial charge in [-0.3, -0.25) is 4.79 Å². The van der Waals surface area contributed by atoms with Crippen LogP contribution in [0.2, 0.25) is 5.15 Å². The minimum absolute atomic E-state index is 0.0477. The minimum Gasteiger partial charge on any atom is -0.478 e. The Morgan fingerprint density at radius 2 is 1.89 bits per heavy atom. The lowest BCUT2D eigenvalue weighted by molar-refractivity contribution is -0.134. The zero-order valence-electron chi connectivity index (χ0n) is 15.6. The van der Waals surface area contributed by atoms with Gasteiger partial charge in [-0.05, 0) is 51.5 Å². The number of aliphatic carboxylic acids is 2. The van der Waals surface area contributed by atoms with Crippen molar-refractivity contribution < 1.29 is 24.6 Å². The fraction of sp³-hybridized carbons (Fsp3) is 0.444. The molecule has 1 aliphatic heterocycles. The van der Waals surface area contributed by atoms with E-state index in [1.807, 2.05) is 7.05 Å². The summed E-state index contributed by atoms with van der Waals surface area (Å²) >= 11 is 5.95. The van der Waals surface area contributed by atoms with E-state index in [-0.39, 0.29) is 5.91 Å². The second-order valence-corrected chi connectivity index (χ2v) is 6.87. The molecule has 0 aliphatic carbocycles. The van der Waals surface area contributed by atoms with E-state index >= 15 is 0 Å². The number of halogens is 1. The summed E-state index contributed by atoms with van der Waals surface area (Å²) in [7, 11) is 5.98. The minimum atomic E-state index is -1.26. The van der Waals surface area contributed by atoms with Crippen LogP contribution in [0.15, 0.2) is 24.3 Å². The van der Waals surface area contributed by atoms with Crippen molar-refractivity contribution in [2.45, 2.75) is 12.8 Å². The summed E-state index contributed by atoms with van der Waals surface area (Å²) in [5, 5.41) is 16.1. The van der Waals surface area contributed by atoms with Crippen LogP contribution in [0.3, 0.4) is 0 Å². The lowest BCUT2D eigenvalue weighted by Crippen LogP contribution is -2.31. The molecule has 0 fully saturated rings. The smallest absolute Gasteiger partial charge is 0.328 e. The van der Waals surface area contributed by atoms with E-state index in [0.717, 1.165) is 31.6 Å². The van der Waals surface area contributed by atoms with Crippen LogP contribution in [0.5, 0.6) is 0 Å². The molecule has 1 aromatic rings. The van der Waals surface area contributed by atoms with Gasteiger partial charge >= 0.3 is 11.9 Å². The summed E-state index contributed by atoms with van der Waals surface area (Å²) in [4.78, 5) is 39.7. The summed E-state index contributed by atoms with van der Waals surface area (Å²) in [6, 6.07) is 3.48. The van der Waals surface area contributed by atoms with E-state index in [1.54, 1.807) is 17.0 Å². The first-order valence-corrected chi connectivity index (χ1v) is 8.67. The molecule has 0 radical (unpaired) electrons. The number of hydrogen-bond acceptors (Lipinski definition) is 5. The number of hydrogen-bond donors (Lipinski definition) is 2. The Labute approximate surface area is 163 Å². The van der Waals surface area contributed by atoms with E-state index in [0.29, 0.717) is 28.8 Å². The van der Waals surface area contributed by atoms with Crippen LogP contribution in [0, 0.1) is 5.92 Å². The monoisotopic (exact) mass is 397 g/mol. The Morgan fingerprint density at radius 3 is 2.41 bits per heavy atom. The zero-order chi connectivity index (χ0) is 20.6. The molecule has 0 aromatic carbocycles. The van der Waals surface area contributed by atoms with Crippen LogP contribution in [0.4, 0.5) is 0 Å². The third-order valence-electron chi connectivity index (χ3n) is 3.88. The average molecular weight is 398 g/mol. The highest BCUT2D eigenvalue weighted by Crippen LogP contribution is 2.23. The van der Waals surface area contributed by atoms with Crippen molar-refractivity contribution in [1.29, 1.82) is 0 Å². The Kier molecular flexibility index (Phi) is 8.90. The molecule has 2 rings (SSSR count). The largest absolute Gasteiger partial charge is 0.478 e. The number of fused-ring (bicyclic) bond motifs is 1. The maximum absolute atomic E-state index is 12.3. The molecule has 1 unspecified atom stereocenters. The van der Waals surface area contributed by atoms with Gasteiger partial charge in [0, 0.05) is 25.7 Å². The van der Waals surface area contributed by atoms with Gasteiger partial charge in [-0.25, -0.2) is 14.6 Å². The zero-order valence-corrected chi connectivity index (χ0v) is 16.3. The van der Waals surface area contributed by atoms with Crippen molar-refractivity contribution in [3.05, 3.63) is 40.7 Å². The topological polar surface area (TPSA) is 111 Å². The standard InChI is InChI=1S/C14H20ClN3O.C4H4O4/c1-17(2)7-6-10-8-12-11(4-5-13(15)16-12)14(19)18(3)9-10;5-3(6)1-2-4(7)8/h4-5,10H,6-9H2,1-3H3;1-2H,(H,5,6)(H,7,8). The number of aromatic nitrogens is 1. The Bertz CT molecular complexity index is 705. The van der Waals surface area contributed by atoms with Gasteiger partial charge in [-0.2, -0.15) is 0 Å². The van der Waals surface area contributed by atoms with Crippen LogP contribution in [-0.4, -0.2) is 77.1 Å². The Morgan fingerprint density at radius 1 is 1.30 bits per heavy atom. The number of rotatable bonds is 5. The molecule has 1 aliphatic rings. The highest BCUT2D eigenvalue weighted by molar-refractivity contribution is 6.29. The molecule has 2 heterocycles. The molecule has 2 N–H and O–H groups in total. The van der Waals surface area contributed by atoms with Crippen LogP contribution < -0.4 is 0 Å². The van der Waals surface area contributed by atoms with Crippen molar-refractivity contribution in [2.24, 2.45) is 5.92 Å². The van der Waals surface area contributed by atoms with Crippen molar-refractivity contribution in [2.75, 3.05) is 34.2 Å². The first-order valence-electron chi connectivity index (χ1n) is 8.29. The Hall–Kier alpha value is -2.45. The van der Waals surface area contributed by atoms with Gasteiger partial charge in [-0.1, -0.05) is 11.6 Å². The number of carboxylic acid groups (broad SMARTS) is 2. The van der Waals surface area contributed by atoms with Gasteiger partial charge in [0.1, 0.15) is 5.15 Å². The third-order valence-corrected chi connectivity index (χ3v) is 4.09. The molecule has 0 bridgehead atoms. The number of carbonyl (C=O) groups is 3. The maximum Gasteiger partial charge on any atom is 0.328 e. The Balaban J connectivity index is 0.000000387. The average Bonchev–Trinajstić information content (AvgIpc) is 2.68. The fourth-order valence-corrected chi connectivity index (χ4v) is 2.78. The number of pyridine rings is 1. The number of nitrogens with zero attached hydrogens (tertiary/aromatic N) is 3. The highest BCUT2D eigenvalue weighted by Gasteiger charge is 2.26. The predicted molar refractivity (Wildman–Crippen MR) is 101 cm³/mol. The van der Waals surface area contributed by atoms with Crippen molar-refractivity contribution in [3.63, 3.8) is 0 Å². The van der Waals surface area contributed by atoms with Gasteiger partial charge in [0.05, 0.1) is 11.3 Å². The van der Waals surface area contributed by atoms with Crippen LogP contribution >= 0.6 is 11.6 Å². The SMILES string of the molecule is CN(C)CCC1Cc2nc(Cl)ccc2C(=O)N(C)C1.O=C(O)C=CC(=O)O. The predicted octanol–water partition coefficient (Wildman–Crippen LogP) is 1.64. The first kappa shape index (κ1) is 22.6. The van der Waals surface area contributed by atoms with E-state index in [9.17, 15) is 14.4 Å². The second kappa shape index (κ2) is 10.6. The van der Waals surface area contributed by atoms with Gasteiger partial charge in [0.2, 0.25) is 0 Å². The summed E-state index contributed by atoms with van der Waals surface area (Å²) in [6.07, 6.45) is 2.99. The van der Waals surface area contributed by atoms with Gasteiger partial charge in [-0.15, -0.1) is 0 Å². The van der Waals surface area contributed by atoms with Gasteiger partial charge < -0.3 is 20.0 Å². The van der Waals surface area contributed by atoms with E-state index in [2.05, 4.69) is 24.0 Å². The highest BCUT2D eigenvalue weighted by atomic mass is 35.5. The molecular weight excluding hydrogens is 374 g/mol. The molecule has 27 heavy (non-hydrogen) atoms. The molecule has 1 aromatic heterocycles. The third kappa shape index (κ3) is 8.19. The first-order chi connectivity index (χ1) is 12.6. The molecule has 0 saturated carbocycles. The van der Waals surface area contributed by atoms with Crippen molar-refractivity contribution in [1.82, 2.24) is 14.8 Å². The van der Waals surface area contributed by atoms with Gasteiger partial charge in [0.25, 0.3) is 5.91 Å². The second-order valence-electron chi connectivity index (χ2n) is 6.49.